The minimum Gasteiger partial charge on any atom is -0.272 e. The lowest BCUT2D eigenvalue weighted by atomic mass is 10.2. The fourth-order valence-electron chi connectivity index (χ4n) is 1.91. The minimum atomic E-state index is -0.0248. The van der Waals surface area contributed by atoms with Gasteiger partial charge in [-0.3, -0.25) is 9.36 Å². The number of hydrogen-bond acceptors (Lipinski definition) is 5. The Morgan fingerprint density at radius 1 is 1.35 bits per heavy atom. The molecule has 3 aromatic rings. The lowest BCUT2D eigenvalue weighted by molar-refractivity contribution is 0.0964. The number of carbonyl (C=O) groups excluding carboxylic acids is 1. The average molecular weight is 303 g/mol. The topological polar surface area (TPSA) is 47.8 Å². The predicted octanol–water partition coefficient (Wildman–Crippen LogP) is 3.18. The number of thiazole rings is 1. The van der Waals surface area contributed by atoms with E-state index in [0.717, 1.165) is 28.4 Å². The quantitative estimate of drug-likeness (QED) is 0.743. The van der Waals surface area contributed by atoms with E-state index in [9.17, 15) is 4.79 Å². The van der Waals surface area contributed by atoms with E-state index in [2.05, 4.69) is 15.3 Å². The highest BCUT2D eigenvalue weighted by Gasteiger charge is 2.11. The van der Waals surface area contributed by atoms with Crippen molar-refractivity contribution < 1.29 is 4.79 Å². The molecule has 0 N–H and O–H groups in total. The highest BCUT2D eigenvalue weighted by molar-refractivity contribution is 7.14. The van der Waals surface area contributed by atoms with Crippen LogP contribution in [0.1, 0.15) is 25.3 Å². The van der Waals surface area contributed by atoms with Crippen LogP contribution in [0, 0.1) is 6.92 Å². The van der Waals surface area contributed by atoms with Gasteiger partial charge in [-0.05, 0) is 31.9 Å². The normalized spacial score (nSPS) is 10.8. The minimum absolute atomic E-state index is 0.0248. The summed E-state index contributed by atoms with van der Waals surface area (Å²) in [6, 6.07) is 3.91. The number of thiophene rings is 1. The molecule has 6 heteroatoms. The third-order valence-electron chi connectivity index (χ3n) is 2.91. The average Bonchev–Trinajstić information content (AvgIpc) is 3.17. The lowest BCUT2D eigenvalue weighted by Crippen LogP contribution is -2.07. The Kier molecular flexibility index (Phi) is 3.75. The molecular weight excluding hydrogens is 290 g/mol. The van der Waals surface area contributed by atoms with Crippen LogP contribution in [0.25, 0.3) is 0 Å². The van der Waals surface area contributed by atoms with Crippen LogP contribution in [0.15, 0.2) is 36.2 Å². The van der Waals surface area contributed by atoms with Gasteiger partial charge in [0.05, 0.1) is 15.6 Å². The third kappa shape index (κ3) is 2.86. The van der Waals surface area contributed by atoms with Crippen molar-refractivity contribution in [1.29, 1.82) is 0 Å². The second-order valence-corrected chi connectivity index (χ2v) is 6.63. The van der Waals surface area contributed by atoms with Crippen LogP contribution in [0.3, 0.4) is 0 Å². The van der Waals surface area contributed by atoms with E-state index >= 15 is 0 Å². The molecule has 0 aliphatic carbocycles. The molecule has 0 fully saturated rings. The maximum absolute atomic E-state index is 12.1. The van der Waals surface area contributed by atoms with Gasteiger partial charge in [0.25, 0.3) is 5.91 Å². The summed E-state index contributed by atoms with van der Waals surface area (Å²) >= 11 is 3.22. The van der Waals surface area contributed by atoms with Crippen molar-refractivity contribution in [2.45, 2.75) is 19.8 Å². The molecule has 0 atom stereocenters. The summed E-state index contributed by atoms with van der Waals surface area (Å²) in [6.45, 7) is 2.02. The predicted molar refractivity (Wildman–Crippen MR) is 80.5 cm³/mol. The van der Waals surface area contributed by atoms with Crippen LogP contribution >= 0.6 is 22.7 Å². The standard InChI is InChI=1S/C14H13N3OS2/c1-10-16-11(8-19-10)2-3-12-4-5-13(20-12)14(18)17-7-6-15-9-17/h4-9H,2-3H2,1H3. The SMILES string of the molecule is Cc1nc(CCc2ccc(C(=O)n3ccnc3)s2)cs1. The van der Waals surface area contributed by atoms with Crippen LogP contribution in [0.2, 0.25) is 0 Å². The Labute approximate surface area is 124 Å². The Hall–Kier alpha value is -1.79. The molecule has 0 aliphatic heterocycles. The molecule has 3 aromatic heterocycles. The summed E-state index contributed by atoms with van der Waals surface area (Å²) in [5, 5.41) is 3.20. The fourth-order valence-corrected chi connectivity index (χ4v) is 3.51. The zero-order valence-corrected chi connectivity index (χ0v) is 12.6. The second-order valence-electron chi connectivity index (χ2n) is 4.40. The maximum atomic E-state index is 12.1. The Morgan fingerprint density at radius 3 is 2.95 bits per heavy atom. The van der Waals surface area contributed by atoms with E-state index in [0.29, 0.717) is 0 Å². The molecule has 3 rings (SSSR count). The number of aromatic nitrogens is 3. The first kappa shape index (κ1) is 13.2. The van der Waals surface area contributed by atoms with E-state index in [1.165, 1.54) is 15.8 Å². The highest BCUT2D eigenvalue weighted by atomic mass is 32.1. The molecule has 102 valence electrons. The summed E-state index contributed by atoms with van der Waals surface area (Å²) in [7, 11) is 0. The summed E-state index contributed by atoms with van der Waals surface area (Å²) in [4.78, 5) is 22.4. The van der Waals surface area contributed by atoms with Gasteiger partial charge in [-0.25, -0.2) is 9.97 Å². The molecule has 0 amide bonds. The Balaban J connectivity index is 1.66. The van der Waals surface area contributed by atoms with Crippen LogP contribution in [-0.4, -0.2) is 20.4 Å². The van der Waals surface area contributed by atoms with E-state index in [4.69, 9.17) is 0 Å². The van der Waals surface area contributed by atoms with Crippen molar-refractivity contribution in [3.05, 3.63) is 56.7 Å². The molecule has 0 unspecified atom stereocenters. The van der Waals surface area contributed by atoms with Crippen molar-refractivity contribution in [3.63, 3.8) is 0 Å². The number of rotatable bonds is 4. The first-order valence-electron chi connectivity index (χ1n) is 6.25. The van der Waals surface area contributed by atoms with Gasteiger partial charge in [-0.2, -0.15) is 0 Å². The summed E-state index contributed by atoms with van der Waals surface area (Å²) in [6.07, 6.45) is 6.64. The van der Waals surface area contributed by atoms with Gasteiger partial charge in [0.15, 0.2) is 0 Å². The van der Waals surface area contributed by atoms with Gasteiger partial charge in [0.2, 0.25) is 0 Å². The number of aryl methyl sites for hydroxylation is 3. The molecule has 0 aliphatic rings. The Morgan fingerprint density at radius 2 is 2.25 bits per heavy atom. The first-order valence-corrected chi connectivity index (χ1v) is 7.94. The van der Waals surface area contributed by atoms with Crippen molar-refractivity contribution in [2.24, 2.45) is 0 Å². The molecule has 0 radical (unpaired) electrons. The van der Waals surface area contributed by atoms with Crippen LogP contribution in [0.5, 0.6) is 0 Å². The van der Waals surface area contributed by atoms with Crippen LogP contribution in [-0.2, 0) is 12.8 Å². The molecular formula is C14H13N3OS2. The molecule has 4 nitrogen and oxygen atoms in total. The van der Waals surface area contributed by atoms with Crippen molar-refractivity contribution in [2.75, 3.05) is 0 Å². The molecule has 0 bridgehead atoms. The molecule has 3 heterocycles. The van der Waals surface area contributed by atoms with Gasteiger partial charge in [-0.1, -0.05) is 0 Å². The first-order chi connectivity index (χ1) is 9.72. The number of carbonyl (C=O) groups is 1. The molecule has 20 heavy (non-hydrogen) atoms. The second kappa shape index (κ2) is 5.68. The van der Waals surface area contributed by atoms with Crippen molar-refractivity contribution >= 4 is 28.6 Å². The van der Waals surface area contributed by atoms with Crippen LogP contribution in [0.4, 0.5) is 0 Å². The smallest absolute Gasteiger partial charge is 0.272 e. The lowest BCUT2D eigenvalue weighted by Gasteiger charge is -1.97. The molecule has 0 spiro atoms. The number of nitrogens with zero attached hydrogens (tertiary/aromatic N) is 3. The zero-order chi connectivity index (χ0) is 13.9. The zero-order valence-electron chi connectivity index (χ0n) is 10.9. The number of imidazole rings is 1. The van der Waals surface area contributed by atoms with E-state index < -0.39 is 0 Å². The highest BCUT2D eigenvalue weighted by Crippen LogP contribution is 2.20. The van der Waals surface area contributed by atoms with Crippen molar-refractivity contribution in [1.82, 2.24) is 14.5 Å². The van der Waals surface area contributed by atoms with Crippen molar-refractivity contribution in [3.8, 4) is 0 Å². The monoisotopic (exact) mass is 303 g/mol. The van der Waals surface area contributed by atoms with Gasteiger partial charge < -0.3 is 0 Å². The maximum Gasteiger partial charge on any atom is 0.273 e. The number of hydrogen-bond donors (Lipinski definition) is 0. The van der Waals surface area contributed by atoms with Gasteiger partial charge in [0, 0.05) is 22.7 Å². The summed E-state index contributed by atoms with van der Waals surface area (Å²) in [5.74, 6) is -0.0248. The molecule has 0 saturated heterocycles. The largest absolute Gasteiger partial charge is 0.273 e. The third-order valence-corrected chi connectivity index (χ3v) is 4.86. The molecule has 0 aromatic carbocycles. The van der Waals surface area contributed by atoms with Crippen LogP contribution < -0.4 is 0 Å². The van der Waals surface area contributed by atoms with Gasteiger partial charge in [0.1, 0.15) is 6.33 Å². The summed E-state index contributed by atoms with van der Waals surface area (Å²) < 4.78 is 1.50. The molecule has 0 saturated carbocycles. The van der Waals surface area contributed by atoms with E-state index in [1.54, 1.807) is 35.1 Å². The summed E-state index contributed by atoms with van der Waals surface area (Å²) in [5.41, 5.74) is 1.13. The van der Waals surface area contributed by atoms with Gasteiger partial charge in [-0.15, -0.1) is 22.7 Å². The van der Waals surface area contributed by atoms with Gasteiger partial charge >= 0.3 is 0 Å². The Bertz CT molecular complexity index is 712. The van der Waals surface area contributed by atoms with E-state index in [1.807, 2.05) is 19.1 Å². The van der Waals surface area contributed by atoms with E-state index in [-0.39, 0.29) is 5.91 Å². The fraction of sp³-hybridized carbons (Fsp3) is 0.214.